The Morgan fingerprint density at radius 2 is 0.952 bits per heavy atom. The Morgan fingerprint density at radius 1 is 0.397 bits per heavy atom. The minimum atomic E-state index is -0.470. The molecule has 0 saturated heterocycles. The lowest BCUT2D eigenvalue weighted by Crippen LogP contribution is -2.29. The van der Waals surface area contributed by atoms with E-state index >= 15 is 0 Å². The molecular weight excluding hydrogens is 761 g/mol. The first kappa shape index (κ1) is 35.8. The molecule has 0 radical (unpaired) electrons. The molecular formula is C61H42N2. The number of fused-ring (bicyclic) bond motifs is 13. The number of rotatable bonds is 6. The van der Waals surface area contributed by atoms with Crippen molar-refractivity contribution in [3.8, 4) is 39.1 Å². The number of para-hydroxylation sites is 2. The van der Waals surface area contributed by atoms with Gasteiger partial charge in [-0.05, 0) is 129 Å². The van der Waals surface area contributed by atoms with Crippen molar-refractivity contribution >= 4 is 38.8 Å². The van der Waals surface area contributed by atoms with Gasteiger partial charge in [-0.15, -0.1) is 0 Å². The molecule has 1 heterocycles. The summed E-state index contributed by atoms with van der Waals surface area (Å²) in [6.07, 6.45) is 6.61. The van der Waals surface area contributed by atoms with E-state index in [4.69, 9.17) is 0 Å². The van der Waals surface area contributed by atoms with Gasteiger partial charge in [0.1, 0.15) is 0 Å². The SMILES string of the molecule is C1=C(c2ccc3c(c2)c2ccccc2n3-c2ccccc2)CCC(N(c2ccc(-c3ccccc3)cc2)c2cccc3c2C2(c4ccccc4-c4ccccc42)c2ccccc2-3)=C1. The van der Waals surface area contributed by atoms with E-state index in [2.05, 4.69) is 240 Å². The van der Waals surface area contributed by atoms with Gasteiger partial charge in [-0.1, -0.05) is 176 Å². The summed E-state index contributed by atoms with van der Waals surface area (Å²) >= 11 is 0. The fraction of sp³-hybridized carbons (Fsp3) is 0.0492. The van der Waals surface area contributed by atoms with Crippen LogP contribution in [0.4, 0.5) is 11.4 Å². The predicted molar refractivity (Wildman–Crippen MR) is 263 cm³/mol. The van der Waals surface area contributed by atoms with Crippen molar-refractivity contribution in [2.75, 3.05) is 4.90 Å². The first-order chi connectivity index (χ1) is 31.3. The van der Waals surface area contributed by atoms with Gasteiger partial charge in [0.15, 0.2) is 0 Å². The number of benzene rings is 9. The van der Waals surface area contributed by atoms with E-state index in [-0.39, 0.29) is 0 Å². The average Bonchev–Trinajstić information content (AvgIpc) is 3.97. The molecule has 1 spiro atoms. The number of anilines is 2. The summed E-state index contributed by atoms with van der Waals surface area (Å²) in [5.41, 5.74) is 22.6. The molecule has 0 saturated carbocycles. The Bertz CT molecular complexity index is 3430. The molecule has 10 aromatic rings. The molecule has 0 N–H and O–H groups in total. The Balaban J connectivity index is 1.00. The number of hydrogen-bond acceptors (Lipinski definition) is 1. The quantitative estimate of drug-likeness (QED) is 0.163. The van der Waals surface area contributed by atoms with Gasteiger partial charge in [-0.2, -0.15) is 0 Å². The van der Waals surface area contributed by atoms with Crippen LogP contribution in [0.3, 0.4) is 0 Å². The summed E-state index contributed by atoms with van der Waals surface area (Å²) in [6.45, 7) is 0. The summed E-state index contributed by atoms with van der Waals surface area (Å²) in [7, 11) is 0. The van der Waals surface area contributed by atoms with Crippen LogP contribution < -0.4 is 4.90 Å². The van der Waals surface area contributed by atoms with Crippen molar-refractivity contribution in [2.24, 2.45) is 0 Å². The normalized spacial score (nSPS) is 14.2. The summed E-state index contributed by atoms with van der Waals surface area (Å²) < 4.78 is 2.40. The fourth-order valence-electron chi connectivity index (χ4n) is 11.3. The molecule has 0 amide bonds. The maximum Gasteiger partial charge on any atom is 0.0746 e. The van der Waals surface area contributed by atoms with Crippen LogP contribution in [0.1, 0.15) is 40.7 Å². The molecule has 0 bridgehead atoms. The summed E-state index contributed by atoms with van der Waals surface area (Å²) in [6, 6.07) is 80.9. The van der Waals surface area contributed by atoms with Gasteiger partial charge >= 0.3 is 0 Å². The standard InChI is InChI=1S/C61H42N2/c1-3-16-41(17-4-1)42-30-35-46(36-31-42)62(47-37-32-43(33-38-47)44-34-39-58-53(40-44)51-23-10-14-28-57(51)63(58)45-18-5-2-6-19-45)59-29-15-24-52-50-22-9-13-27-56(50)61(60(52)59)54-25-11-7-20-48(54)49-21-8-12-26-55(49)61/h1-32,34-37,39-40H,33,38H2. The number of nitrogens with zero attached hydrogens (tertiary/aromatic N) is 2. The van der Waals surface area contributed by atoms with Gasteiger partial charge in [-0.25, -0.2) is 0 Å². The van der Waals surface area contributed by atoms with Crippen molar-refractivity contribution < 1.29 is 0 Å². The van der Waals surface area contributed by atoms with Crippen molar-refractivity contribution in [2.45, 2.75) is 18.3 Å². The van der Waals surface area contributed by atoms with Crippen molar-refractivity contribution in [1.29, 1.82) is 0 Å². The average molecular weight is 803 g/mol. The molecule has 0 aliphatic heterocycles. The third-order valence-electron chi connectivity index (χ3n) is 13.9. The van der Waals surface area contributed by atoms with Gasteiger partial charge in [0.05, 0.1) is 22.1 Å². The largest absolute Gasteiger partial charge is 0.314 e. The monoisotopic (exact) mass is 802 g/mol. The number of aromatic nitrogens is 1. The highest BCUT2D eigenvalue weighted by atomic mass is 15.2. The minimum Gasteiger partial charge on any atom is -0.314 e. The fourth-order valence-corrected chi connectivity index (χ4v) is 11.3. The highest BCUT2D eigenvalue weighted by Gasteiger charge is 2.53. The molecule has 296 valence electrons. The van der Waals surface area contributed by atoms with Crippen LogP contribution in [-0.2, 0) is 5.41 Å². The minimum absolute atomic E-state index is 0.470. The third-order valence-corrected chi connectivity index (χ3v) is 13.9. The lowest BCUT2D eigenvalue weighted by molar-refractivity contribution is 0.789. The topological polar surface area (TPSA) is 8.17 Å². The zero-order chi connectivity index (χ0) is 41.5. The second-order valence-electron chi connectivity index (χ2n) is 17.1. The number of hydrogen-bond donors (Lipinski definition) is 0. The van der Waals surface area contributed by atoms with Crippen LogP contribution in [0.25, 0.3) is 66.4 Å². The molecule has 13 rings (SSSR count). The molecule has 0 fully saturated rings. The lowest BCUT2D eigenvalue weighted by atomic mass is 9.70. The van der Waals surface area contributed by atoms with Crippen LogP contribution in [0.2, 0.25) is 0 Å². The Labute approximate surface area is 368 Å². The molecule has 9 aromatic carbocycles. The van der Waals surface area contributed by atoms with E-state index in [0.717, 1.165) is 18.5 Å². The maximum atomic E-state index is 2.58. The van der Waals surface area contributed by atoms with E-state index in [1.54, 1.807) is 0 Å². The summed E-state index contributed by atoms with van der Waals surface area (Å²) in [5.74, 6) is 0. The molecule has 0 unspecified atom stereocenters. The van der Waals surface area contributed by atoms with Crippen LogP contribution >= 0.6 is 0 Å². The summed E-state index contributed by atoms with van der Waals surface area (Å²) in [4.78, 5) is 2.58. The summed E-state index contributed by atoms with van der Waals surface area (Å²) in [5, 5.41) is 2.56. The highest BCUT2D eigenvalue weighted by Crippen LogP contribution is 2.65. The lowest BCUT2D eigenvalue weighted by Gasteiger charge is -2.37. The van der Waals surface area contributed by atoms with E-state index in [9.17, 15) is 0 Å². The second kappa shape index (κ2) is 14.1. The Hall–Kier alpha value is -7.94. The van der Waals surface area contributed by atoms with Crippen LogP contribution in [-0.4, -0.2) is 4.57 Å². The van der Waals surface area contributed by atoms with E-state index in [1.165, 1.54) is 106 Å². The second-order valence-corrected chi connectivity index (χ2v) is 17.1. The number of allylic oxidation sites excluding steroid dienone is 4. The van der Waals surface area contributed by atoms with Crippen molar-refractivity contribution in [3.63, 3.8) is 0 Å². The molecule has 1 aromatic heterocycles. The molecule has 2 heteroatoms. The van der Waals surface area contributed by atoms with Crippen molar-refractivity contribution in [1.82, 2.24) is 4.57 Å². The third kappa shape index (κ3) is 5.25. The molecule has 3 aliphatic carbocycles. The first-order valence-electron chi connectivity index (χ1n) is 22.1. The van der Waals surface area contributed by atoms with E-state index in [1.807, 2.05) is 0 Å². The molecule has 63 heavy (non-hydrogen) atoms. The van der Waals surface area contributed by atoms with Gasteiger partial charge in [0.2, 0.25) is 0 Å². The molecule has 2 nitrogen and oxygen atoms in total. The zero-order valence-electron chi connectivity index (χ0n) is 34.7. The van der Waals surface area contributed by atoms with Gasteiger partial charge < -0.3 is 9.47 Å². The van der Waals surface area contributed by atoms with E-state index < -0.39 is 5.41 Å². The molecule has 3 aliphatic rings. The van der Waals surface area contributed by atoms with Crippen LogP contribution in [0.5, 0.6) is 0 Å². The Kier molecular flexibility index (Phi) is 7.98. The van der Waals surface area contributed by atoms with E-state index in [0.29, 0.717) is 0 Å². The van der Waals surface area contributed by atoms with Gasteiger partial charge in [0.25, 0.3) is 0 Å². The maximum absolute atomic E-state index is 2.58. The van der Waals surface area contributed by atoms with Gasteiger partial charge in [-0.3, -0.25) is 0 Å². The zero-order valence-corrected chi connectivity index (χ0v) is 34.7. The van der Waals surface area contributed by atoms with Crippen molar-refractivity contribution in [3.05, 3.63) is 264 Å². The van der Waals surface area contributed by atoms with Crippen LogP contribution in [0.15, 0.2) is 236 Å². The predicted octanol–water partition coefficient (Wildman–Crippen LogP) is 15.7. The molecule has 0 atom stereocenters. The Morgan fingerprint density at radius 3 is 1.63 bits per heavy atom. The van der Waals surface area contributed by atoms with Crippen LogP contribution in [0, 0.1) is 0 Å². The first-order valence-corrected chi connectivity index (χ1v) is 22.1. The highest BCUT2D eigenvalue weighted by molar-refractivity contribution is 6.10. The van der Waals surface area contributed by atoms with Gasteiger partial charge in [0, 0.05) is 33.4 Å². The smallest absolute Gasteiger partial charge is 0.0746 e.